The minimum atomic E-state index is -1.35. The van der Waals surface area contributed by atoms with E-state index in [0.717, 1.165) is 12.1 Å². The van der Waals surface area contributed by atoms with Crippen molar-refractivity contribution in [2.24, 2.45) is 4.99 Å². The van der Waals surface area contributed by atoms with Gasteiger partial charge in [-0.1, -0.05) is 0 Å². The highest BCUT2D eigenvalue weighted by Crippen LogP contribution is 2.28. The minimum Gasteiger partial charge on any atom is -0.338 e. The SMILES string of the molecule is CN=C1NC(=O)C(C)(c2cc(F)c(C)cc2F)N1. The first-order valence-corrected chi connectivity index (χ1v) is 5.41. The first-order valence-electron chi connectivity index (χ1n) is 5.41. The second-order valence-corrected chi connectivity index (χ2v) is 4.36. The third-order valence-electron chi connectivity index (χ3n) is 3.07. The molecular formula is C12H13F2N3O. The van der Waals surface area contributed by atoms with Gasteiger partial charge >= 0.3 is 0 Å². The smallest absolute Gasteiger partial charge is 0.256 e. The van der Waals surface area contributed by atoms with E-state index in [9.17, 15) is 13.6 Å². The molecule has 1 amide bonds. The molecule has 1 aromatic rings. The van der Waals surface area contributed by atoms with Crippen molar-refractivity contribution in [1.29, 1.82) is 0 Å². The number of benzene rings is 1. The number of hydrogen-bond acceptors (Lipinski definition) is 2. The number of nitrogens with zero attached hydrogens (tertiary/aromatic N) is 1. The fourth-order valence-corrected chi connectivity index (χ4v) is 1.89. The Labute approximate surface area is 103 Å². The van der Waals surface area contributed by atoms with Gasteiger partial charge in [-0.05, 0) is 31.5 Å². The van der Waals surface area contributed by atoms with Crippen molar-refractivity contribution >= 4 is 11.9 Å². The Morgan fingerprint density at radius 3 is 2.50 bits per heavy atom. The van der Waals surface area contributed by atoms with Crippen molar-refractivity contribution in [3.8, 4) is 0 Å². The lowest BCUT2D eigenvalue weighted by Crippen LogP contribution is -2.41. The van der Waals surface area contributed by atoms with Crippen LogP contribution in [-0.4, -0.2) is 18.9 Å². The predicted molar refractivity (Wildman–Crippen MR) is 63.1 cm³/mol. The molecule has 0 aromatic heterocycles. The third kappa shape index (κ3) is 1.73. The molecule has 2 N–H and O–H groups in total. The maximum atomic E-state index is 13.9. The monoisotopic (exact) mass is 253 g/mol. The zero-order valence-electron chi connectivity index (χ0n) is 10.3. The fraction of sp³-hybridized carbons (Fsp3) is 0.333. The number of carbonyl (C=O) groups excluding carboxylic acids is 1. The lowest BCUT2D eigenvalue weighted by molar-refractivity contribution is -0.123. The van der Waals surface area contributed by atoms with Crippen LogP contribution in [-0.2, 0) is 10.3 Å². The van der Waals surface area contributed by atoms with E-state index < -0.39 is 23.1 Å². The molecule has 1 fully saturated rings. The normalized spacial score (nSPS) is 25.2. The van der Waals surface area contributed by atoms with E-state index in [1.54, 1.807) is 0 Å². The number of hydrogen-bond donors (Lipinski definition) is 2. The average Bonchev–Trinajstić information content (AvgIpc) is 2.61. The van der Waals surface area contributed by atoms with Crippen LogP contribution in [0.4, 0.5) is 8.78 Å². The van der Waals surface area contributed by atoms with Crippen LogP contribution in [0.25, 0.3) is 0 Å². The van der Waals surface area contributed by atoms with E-state index in [2.05, 4.69) is 15.6 Å². The zero-order valence-corrected chi connectivity index (χ0v) is 10.3. The molecule has 0 radical (unpaired) electrons. The molecule has 0 aliphatic carbocycles. The van der Waals surface area contributed by atoms with Crippen LogP contribution in [0.3, 0.4) is 0 Å². The molecule has 6 heteroatoms. The molecule has 1 atom stereocenters. The molecule has 0 bridgehead atoms. The first kappa shape index (κ1) is 12.5. The second kappa shape index (κ2) is 4.04. The molecule has 1 heterocycles. The molecule has 1 aromatic carbocycles. The topological polar surface area (TPSA) is 53.5 Å². The van der Waals surface area contributed by atoms with Gasteiger partial charge in [0.15, 0.2) is 5.96 Å². The summed E-state index contributed by atoms with van der Waals surface area (Å²) in [6.07, 6.45) is 0. The van der Waals surface area contributed by atoms with Crippen LogP contribution in [0.2, 0.25) is 0 Å². The van der Waals surface area contributed by atoms with Crippen LogP contribution >= 0.6 is 0 Å². The Morgan fingerprint density at radius 2 is 1.94 bits per heavy atom. The van der Waals surface area contributed by atoms with Crippen molar-refractivity contribution in [3.63, 3.8) is 0 Å². The number of aryl methyl sites for hydroxylation is 1. The number of aliphatic imine (C=N–C) groups is 1. The number of nitrogens with one attached hydrogen (secondary N) is 2. The van der Waals surface area contributed by atoms with Gasteiger partial charge in [0, 0.05) is 12.6 Å². The number of rotatable bonds is 1. The number of guanidine groups is 1. The molecule has 96 valence electrons. The van der Waals surface area contributed by atoms with Gasteiger partial charge in [0.25, 0.3) is 5.91 Å². The molecular weight excluding hydrogens is 240 g/mol. The minimum absolute atomic E-state index is 0.0400. The highest BCUT2D eigenvalue weighted by molar-refractivity contribution is 6.09. The van der Waals surface area contributed by atoms with Crippen molar-refractivity contribution in [2.45, 2.75) is 19.4 Å². The summed E-state index contributed by atoms with van der Waals surface area (Å²) >= 11 is 0. The highest BCUT2D eigenvalue weighted by Gasteiger charge is 2.44. The lowest BCUT2D eigenvalue weighted by Gasteiger charge is -2.22. The summed E-state index contributed by atoms with van der Waals surface area (Å²) in [5.74, 6) is -1.41. The van der Waals surface area contributed by atoms with Gasteiger partial charge in [-0.2, -0.15) is 0 Å². The van der Waals surface area contributed by atoms with Crippen molar-refractivity contribution in [2.75, 3.05) is 7.05 Å². The maximum absolute atomic E-state index is 13.9. The van der Waals surface area contributed by atoms with Gasteiger partial charge in [0.05, 0.1) is 0 Å². The zero-order chi connectivity index (χ0) is 13.5. The van der Waals surface area contributed by atoms with Crippen LogP contribution in [0.5, 0.6) is 0 Å². The molecule has 18 heavy (non-hydrogen) atoms. The first-order chi connectivity index (χ1) is 8.38. The Morgan fingerprint density at radius 1 is 1.28 bits per heavy atom. The predicted octanol–water partition coefficient (Wildman–Crippen LogP) is 1.19. The van der Waals surface area contributed by atoms with E-state index in [1.165, 1.54) is 20.9 Å². The van der Waals surface area contributed by atoms with Crippen molar-refractivity contribution in [3.05, 3.63) is 34.9 Å². The Bertz CT molecular complexity index is 556. The average molecular weight is 253 g/mol. The largest absolute Gasteiger partial charge is 0.338 e. The van der Waals surface area contributed by atoms with Gasteiger partial charge in [-0.15, -0.1) is 0 Å². The quantitative estimate of drug-likeness (QED) is 0.790. The number of halogens is 2. The number of amides is 1. The molecule has 0 spiro atoms. The molecule has 0 saturated carbocycles. The summed E-state index contributed by atoms with van der Waals surface area (Å²) in [5.41, 5.74) is -1.20. The van der Waals surface area contributed by atoms with Crippen molar-refractivity contribution < 1.29 is 13.6 Å². The molecule has 1 aliphatic rings. The van der Waals surface area contributed by atoms with Gasteiger partial charge < -0.3 is 5.32 Å². The molecule has 1 aliphatic heterocycles. The summed E-state index contributed by atoms with van der Waals surface area (Å²) in [7, 11) is 1.49. The Balaban J connectivity index is 2.55. The summed E-state index contributed by atoms with van der Waals surface area (Å²) < 4.78 is 27.4. The van der Waals surface area contributed by atoms with E-state index in [0.29, 0.717) is 0 Å². The van der Waals surface area contributed by atoms with Gasteiger partial charge in [0.2, 0.25) is 0 Å². The van der Waals surface area contributed by atoms with Crippen LogP contribution < -0.4 is 10.6 Å². The summed E-state index contributed by atoms with van der Waals surface area (Å²) in [6.45, 7) is 2.94. The fourth-order valence-electron chi connectivity index (χ4n) is 1.89. The van der Waals surface area contributed by atoms with Gasteiger partial charge in [-0.3, -0.25) is 15.1 Å². The summed E-state index contributed by atoms with van der Waals surface area (Å²) in [4.78, 5) is 15.7. The Kier molecular flexibility index (Phi) is 2.80. The van der Waals surface area contributed by atoms with E-state index in [1.807, 2.05) is 0 Å². The molecule has 1 saturated heterocycles. The standard InChI is InChI=1S/C12H13F2N3O/c1-6-4-9(14)7(5-8(6)13)12(2)10(18)16-11(15-3)17-12/h4-5H,1-3H3,(H2,15,16,17,18). The molecule has 4 nitrogen and oxygen atoms in total. The van der Waals surface area contributed by atoms with Crippen LogP contribution in [0.15, 0.2) is 17.1 Å². The lowest BCUT2D eigenvalue weighted by atomic mass is 9.91. The number of carbonyl (C=O) groups is 1. The second-order valence-electron chi connectivity index (χ2n) is 4.36. The van der Waals surface area contributed by atoms with Crippen LogP contribution in [0.1, 0.15) is 18.1 Å². The van der Waals surface area contributed by atoms with E-state index >= 15 is 0 Å². The van der Waals surface area contributed by atoms with Gasteiger partial charge in [-0.25, -0.2) is 8.78 Å². The maximum Gasteiger partial charge on any atom is 0.256 e. The molecule has 1 unspecified atom stereocenters. The third-order valence-corrected chi connectivity index (χ3v) is 3.07. The van der Waals surface area contributed by atoms with Crippen molar-refractivity contribution in [1.82, 2.24) is 10.6 Å². The van der Waals surface area contributed by atoms with E-state index in [-0.39, 0.29) is 17.1 Å². The highest BCUT2D eigenvalue weighted by atomic mass is 19.1. The summed E-state index contributed by atoms with van der Waals surface area (Å²) in [6, 6.07) is 2.11. The summed E-state index contributed by atoms with van der Waals surface area (Å²) in [5, 5.41) is 5.22. The Hall–Kier alpha value is -1.98. The molecule has 2 rings (SSSR count). The van der Waals surface area contributed by atoms with Crippen LogP contribution in [0, 0.1) is 18.6 Å². The van der Waals surface area contributed by atoms with Gasteiger partial charge in [0.1, 0.15) is 17.2 Å². The van der Waals surface area contributed by atoms with E-state index in [4.69, 9.17) is 0 Å².